The second-order valence-corrected chi connectivity index (χ2v) is 3.30. The van der Waals surface area contributed by atoms with Gasteiger partial charge in [0.1, 0.15) is 0 Å². The van der Waals surface area contributed by atoms with E-state index in [2.05, 4.69) is 28.6 Å². The predicted molar refractivity (Wildman–Crippen MR) is 62.1 cm³/mol. The molecule has 0 radical (unpaired) electrons. The van der Waals surface area contributed by atoms with Crippen LogP contribution in [-0.2, 0) is 13.0 Å². The molecule has 2 N–H and O–H groups in total. The second-order valence-electron chi connectivity index (χ2n) is 2.90. The number of hydrogen-bond acceptors (Lipinski definition) is 2. The van der Waals surface area contributed by atoms with E-state index in [0.717, 1.165) is 12.1 Å². The molecule has 0 saturated heterocycles. The lowest BCUT2D eigenvalue weighted by Gasteiger charge is -2.09. The van der Waals surface area contributed by atoms with Crippen molar-refractivity contribution >= 4 is 17.3 Å². The van der Waals surface area contributed by atoms with E-state index in [9.17, 15) is 0 Å². The molecule has 14 heavy (non-hydrogen) atoms. The summed E-state index contributed by atoms with van der Waals surface area (Å²) in [6.45, 7) is 2.81. The van der Waals surface area contributed by atoms with Crippen LogP contribution in [0.15, 0.2) is 18.3 Å². The van der Waals surface area contributed by atoms with Gasteiger partial charge in [0.25, 0.3) is 0 Å². The summed E-state index contributed by atoms with van der Waals surface area (Å²) in [5, 5.41) is 6.60. The first-order valence-corrected chi connectivity index (χ1v) is 5.07. The Morgan fingerprint density at radius 2 is 2.36 bits per heavy atom. The van der Waals surface area contributed by atoms with Gasteiger partial charge in [0.2, 0.25) is 0 Å². The number of thiocarbonyl (C=S) groups is 1. The van der Waals surface area contributed by atoms with Crippen molar-refractivity contribution in [2.24, 2.45) is 0 Å². The van der Waals surface area contributed by atoms with Crippen molar-refractivity contribution in [3.63, 3.8) is 0 Å². The van der Waals surface area contributed by atoms with E-state index in [-0.39, 0.29) is 0 Å². The van der Waals surface area contributed by atoms with E-state index in [1.807, 2.05) is 6.07 Å². The first-order valence-electron chi connectivity index (χ1n) is 4.66. The molecule has 0 aromatic carbocycles. The lowest BCUT2D eigenvalue weighted by Crippen LogP contribution is -2.32. The molecule has 0 aliphatic carbocycles. The standard InChI is InChI=1S/C10H15N3S/c1-3-8-5-4-6-12-9(8)7-13-10(14)11-2/h4-6H,3,7H2,1-2H3,(H2,11,13,14). The molecule has 0 saturated carbocycles. The number of aromatic nitrogens is 1. The van der Waals surface area contributed by atoms with E-state index in [1.54, 1.807) is 13.2 Å². The Morgan fingerprint density at radius 3 is 3.00 bits per heavy atom. The molecule has 0 atom stereocenters. The summed E-state index contributed by atoms with van der Waals surface area (Å²) in [7, 11) is 1.80. The highest BCUT2D eigenvalue weighted by Gasteiger charge is 2.00. The topological polar surface area (TPSA) is 37.0 Å². The van der Waals surface area contributed by atoms with Gasteiger partial charge in [0, 0.05) is 13.2 Å². The van der Waals surface area contributed by atoms with Gasteiger partial charge in [-0.3, -0.25) is 4.98 Å². The molecule has 1 rings (SSSR count). The molecular weight excluding hydrogens is 194 g/mol. The number of aryl methyl sites for hydroxylation is 1. The Labute approximate surface area is 89.9 Å². The molecule has 0 unspecified atom stereocenters. The summed E-state index contributed by atoms with van der Waals surface area (Å²) >= 11 is 4.98. The van der Waals surface area contributed by atoms with Gasteiger partial charge in [-0.2, -0.15) is 0 Å². The highest BCUT2D eigenvalue weighted by molar-refractivity contribution is 7.80. The first-order chi connectivity index (χ1) is 6.77. The van der Waals surface area contributed by atoms with Crippen LogP contribution >= 0.6 is 12.2 Å². The fourth-order valence-corrected chi connectivity index (χ4v) is 1.28. The molecule has 4 heteroatoms. The molecule has 0 bridgehead atoms. The zero-order valence-corrected chi connectivity index (χ0v) is 9.32. The molecule has 1 aromatic heterocycles. The number of rotatable bonds is 3. The SMILES string of the molecule is CCc1cccnc1CNC(=S)NC. The first kappa shape index (κ1) is 10.9. The highest BCUT2D eigenvalue weighted by Crippen LogP contribution is 2.05. The largest absolute Gasteiger partial charge is 0.366 e. The van der Waals surface area contributed by atoms with Gasteiger partial charge in [-0.15, -0.1) is 0 Å². The van der Waals surface area contributed by atoms with Crippen molar-refractivity contribution in [2.75, 3.05) is 7.05 Å². The lowest BCUT2D eigenvalue weighted by atomic mass is 10.1. The number of nitrogens with one attached hydrogen (secondary N) is 2. The van der Waals surface area contributed by atoms with E-state index < -0.39 is 0 Å². The summed E-state index contributed by atoms with van der Waals surface area (Å²) in [4.78, 5) is 4.31. The van der Waals surface area contributed by atoms with Gasteiger partial charge in [-0.25, -0.2) is 0 Å². The normalized spacial score (nSPS) is 9.57. The Hall–Kier alpha value is -1.16. The molecule has 0 aliphatic rings. The molecule has 76 valence electrons. The van der Waals surface area contributed by atoms with Gasteiger partial charge >= 0.3 is 0 Å². The van der Waals surface area contributed by atoms with Gasteiger partial charge in [-0.05, 0) is 30.3 Å². The molecule has 1 heterocycles. The predicted octanol–water partition coefficient (Wildman–Crippen LogP) is 1.24. The van der Waals surface area contributed by atoms with Crippen LogP contribution in [0.25, 0.3) is 0 Å². The van der Waals surface area contributed by atoms with E-state index in [0.29, 0.717) is 11.7 Å². The summed E-state index contributed by atoms with van der Waals surface area (Å²) in [6.07, 6.45) is 2.80. The number of pyridine rings is 1. The van der Waals surface area contributed by atoms with Crippen molar-refractivity contribution in [3.8, 4) is 0 Å². The summed E-state index contributed by atoms with van der Waals surface area (Å²) in [5.41, 5.74) is 2.33. The average Bonchev–Trinajstić information content (AvgIpc) is 2.26. The van der Waals surface area contributed by atoms with Crippen molar-refractivity contribution < 1.29 is 0 Å². The maximum absolute atomic E-state index is 4.98. The lowest BCUT2D eigenvalue weighted by molar-refractivity contribution is 0.835. The van der Waals surface area contributed by atoms with Crippen LogP contribution in [0.4, 0.5) is 0 Å². The van der Waals surface area contributed by atoms with E-state index >= 15 is 0 Å². The second kappa shape index (κ2) is 5.54. The third-order valence-electron chi connectivity index (χ3n) is 2.01. The van der Waals surface area contributed by atoms with E-state index in [4.69, 9.17) is 12.2 Å². The Bertz CT molecular complexity index is 312. The Morgan fingerprint density at radius 1 is 1.57 bits per heavy atom. The molecule has 0 amide bonds. The van der Waals surface area contributed by atoms with Crippen LogP contribution in [0.1, 0.15) is 18.2 Å². The zero-order valence-electron chi connectivity index (χ0n) is 8.50. The van der Waals surface area contributed by atoms with Crippen LogP contribution in [0.3, 0.4) is 0 Å². The molecule has 0 spiro atoms. The monoisotopic (exact) mass is 209 g/mol. The Balaban J connectivity index is 2.61. The van der Waals surface area contributed by atoms with Crippen molar-refractivity contribution in [2.45, 2.75) is 19.9 Å². The molecule has 1 aromatic rings. The van der Waals surface area contributed by atoms with Gasteiger partial charge in [-0.1, -0.05) is 13.0 Å². The van der Waals surface area contributed by atoms with Gasteiger partial charge in [0.15, 0.2) is 5.11 Å². The molecule has 0 aliphatic heterocycles. The average molecular weight is 209 g/mol. The fourth-order valence-electron chi connectivity index (χ4n) is 1.20. The zero-order chi connectivity index (χ0) is 10.4. The van der Waals surface area contributed by atoms with Gasteiger partial charge < -0.3 is 10.6 Å². The van der Waals surface area contributed by atoms with Gasteiger partial charge in [0.05, 0.1) is 12.2 Å². The quantitative estimate of drug-likeness (QED) is 0.734. The van der Waals surface area contributed by atoms with E-state index in [1.165, 1.54) is 5.56 Å². The van der Waals surface area contributed by atoms with Crippen LogP contribution in [0.2, 0.25) is 0 Å². The highest BCUT2D eigenvalue weighted by atomic mass is 32.1. The van der Waals surface area contributed by atoms with Crippen molar-refractivity contribution in [1.29, 1.82) is 0 Å². The third-order valence-corrected chi connectivity index (χ3v) is 2.36. The fraction of sp³-hybridized carbons (Fsp3) is 0.400. The number of hydrogen-bond donors (Lipinski definition) is 2. The molecule has 3 nitrogen and oxygen atoms in total. The van der Waals surface area contributed by atoms with Crippen LogP contribution in [0.5, 0.6) is 0 Å². The molecular formula is C10H15N3S. The van der Waals surface area contributed by atoms with Crippen molar-refractivity contribution in [3.05, 3.63) is 29.6 Å². The smallest absolute Gasteiger partial charge is 0.166 e. The maximum Gasteiger partial charge on any atom is 0.166 e. The summed E-state index contributed by atoms with van der Waals surface area (Å²) in [5.74, 6) is 0. The minimum absolute atomic E-state index is 0.651. The third kappa shape index (κ3) is 2.96. The molecule has 0 fully saturated rings. The minimum Gasteiger partial charge on any atom is -0.366 e. The minimum atomic E-state index is 0.651. The summed E-state index contributed by atoms with van der Waals surface area (Å²) < 4.78 is 0. The van der Waals surface area contributed by atoms with Crippen LogP contribution in [-0.4, -0.2) is 17.1 Å². The summed E-state index contributed by atoms with van der Waals surface area (Å²) in [6, 6.07) is 4.05. The van der Waals surface area contributed by atoms with Crippen LogP contribution in [0, 0.1) is 0 Å². The Kier molecular flexibility index (Phi) is 4.32. The van der Waals surface area contributed by atoms with Crippen LogP contribution < -0.4 is 10.6 Å². The maximum atomic E-state index is 4.98. The van der Waals surface area contributed by atoms with Crippen molar-refractivity contribution in [1.82, 2.24) is 15.6 Å². The number of nitrogens with zero attached hydrogens (tertiary/aromatic N) is 1.